The number of carboxylic acid groups (broad SMARTS) is 1. The Morgan fingerprint density at radius 2 is 1.85 bits per heavy atom. The molecule has 0 aliphatic carbocycles. The zero-order valence-corrected chi connectivity index (χ0v) is 15.8. The van der Waals surface area contributed by atoms with E-state index in [4.69, 9.17) is 16.0 Å². The lowest BCUT2D eigenvalue weighted by Crippen LogP contribution is -2.34. The van der Waals surface area contributed by atoms with Gasteiger partial charge in [-0.1, -0.05) is 25.4 Å². The summed E-state index contributed by atoms with van der Waals surface area (Å²) in [4.78, 5) is 35.8. The predicted molar refractivity (Wildman–Crippen MR) is 102 cm³/mol. The number of hydrogen-bond donors (Lipinski definition) is 3. The lowest BCUT2D eigenvalue weighted by molar-refractivity contribution is -0.151. The van der Waals surface area contributed by atoms with E-state index in [1.807, 2.05) is 0 Å². The molecule has 8 heteroatoms. The lowest BCUT2D eigenvalue weighted by Gasteiger charge is -2.25. The lowest BCUT2D eigenvalue weighted by atomic mass is 9.79. The van der Waals surface area contributed by atoms with Gasteiger partial charge in [-0.05, 0) is 43.2 Å². The molecule has 0 aliphatic heterocycles. The van der Waals surface area contributed by atoms with Crippen molar-refractivity contribution in [3.05, 3.63) is 47.4 Å². The molecule has 0 radical (unpaired) electrons. The Hall–Kier alpha value is -2.80. The zero-order valence-electron chi connectivity index (χ0n) is 15.0. The number of benzene rings is 1. The molecule has 1 aromatic carbocycles. The Morgan fingerprint density at radius 3 is 2.37 bits per heavy atom. The van der Waals surface area contributed by atoms with Crippen LogP contribution < -0.4 is 10.6 Å². The molecule has 2 aromatic rings. The van der Waals surface area contributed by atoms with Gasteiger partial charge in [0.2, 0.25) is 5.91 Å². The number of hydrogen-bond acceptors (Lipinski definition) is 4. The van der Waals surface area contributed by atoms with Crippen molar-refractivity contribution in [2.45, 2.75) is 33.1 Å². The van der Waals surface area contributed by atoms with Crippen LogP contribution in [0.5, 0.6) is 0 Å². The van der Waals surface area contributed by atoms with Crippen LogP contribution in [0.1, 0.15) is 43.7 Å². The van der Waals surface area contributed by atoms with Crippen molar-refractivity contribution < 1.29 is 23.9 Å². The summed E-state index contributed by atoms with van der Waals surface area (Å²) in [5.41, 5.74) is -0.323. The van der Waals surface area contributed by atoms with Crippen LogP contribution in [-0.4, -0.2) is 22.9 Å². The van der Waals surface area contributed by atoms with Crippen molar-refractivity contribution in [1.82, 2.24) is 0 Å². The summed E-state index contributed by atoms with van der Waals surface area (Å²) in [6, 6.07) is 7.72. The topological polar surface area (TPSA) is 109 Å². The summed E-state index contributed by atoms with van der Waals surface area (Å²) < 4.78 is 5.01. The maximum absolute atomic E-state index is 12.3. The minimum atomic E-state index is -1.09. The molecular weight excluding hydrogens is 372 g/mol. The monoisotopic (exact) mass is 392 g/mol. The van der Waals surface area contributed by atoms with E-state index in [1.54, 1.807) is 32.0 Å². The standard InChI is InChI=1S/C19H21ClN2O5/c1-3-19(4-2,18(25)26)11-16(23)21-12-7-8-14(13(20)10-12)22-17(24)15-6-5-9-27-15/h5-10H,3-4,11H2,1-2H3,(H,21,23)(H,22,24)(H,25,26). The number of rotatable bonds is 8. The van der Waals surface area contributed by atoms with Crippen molar-refractivity contribution in [1.29, 1.82) is 0 Å². The predicted octanol–water partition coefficient (Wildman–Crippen LogP) is 4.40. The van der Waals surface area contributed by atoms with E-state index in [1.165, 1.54) is 18.4 Å². The van der Waals surface area contributed by atoms with Gasteiger partial charge in [-0.15, -0.1) is 0 Å². The van der Waals surface area contributed by atoms with Crippen LogP contribution in [0.15, 0.2) is 41.0 Å². The SMILES string of the molecule is CCC(CC)(CC(=O)Nc1ccc(NC(=O)c2ccco2)c(Cl)c1)C(=O)O. The van der Waals surface area contributed by atoms with E-state index in [9.17, 15) is 19.5 Å². The average Bonchev–Trinajstić information content (AvgIpc) is 3.16. The Morgan fingerprint density at radius 1 is 1.15 bits per heavy atom. The summed E-state index contributed by atoms with van der Waals surface area (Å²) in [7, 11) is 0. The number of carboxylic acids is 1. The molecule has 2 amide bonds. The van der Waals surface area contributed by atoms with Gasteiger partial charge in [-0.2, -0.15) is 0 Å². The summed E-state index contributed by atoms with van der Waals surface area (Å²) in [6.07, 6.45) is 1.96. The van der Waals surface area contributed by atoms with Crippen LogP contribution in [0.25, 0.3) is 0 Å². The van der Waals surface area contributed by atoms with E-state index in [2.05, 4.69) is 10.6 Å². The summed E-state index contributed by atoms with van der Waals surface area (Å²) in [6.45, 7) is 3.50. The zero-order chi connectivity index (χ0) is 20.0. The molecule has 0 unspecified atom stereocenters. The molecular formula is C19H21ClN2O5. The van der Waals surface area contributed by atoms with E-state index >= 15 is 0 Å². The van der Waals surface area contributed by atoms with Gasteiger partial charge in [0.25, 0.3) is 5.91 Å². The van der Waals surface area contributed by atoms with E-state index in [0.717, 1.165) is 0 Å². The summed E-state index contributed by atoms with van der Waals surface area (Å²) in [5, 5.41) is 14.9. The highest BCUT2D eigenvalue weighted by atomic mass is 35.5. The van der Waals surface area contributed by atoms with Gasteiger partial charge < -0.3 is 20.2 Å². The van der Waals surface area contributed by atoms with Crippen molar-refractivity contribution in [3.63, 3.8) is 0 Å². The maximum Gasteiger partial charge on any atom is 0.310 e. The third-order valence-electron chi connectivity index (χ3n) is 4.55. The first-order valence-electron chi connectivity index (χ1n) is 8.49. The minimum Gasteiger partial charge on any atom is -0.481 e. The number of carbonyl (C=O) groups is 3. The number of nitrogens with one attached hydrogen (secondary N) is 2. The number of furan rings is 1. The van der Waals surface area contributed by atoms with Crippen LogP contribution in [0.3, 0.4) is 0 Å². The summed E-state index contributed by atoms with van der Waals surface area (Å²) >= 11 is 6.17. The van der Waals surface area contributed by atoms with Gasteiger partial charge in [-0.3, -0.25) is 14.4 Å². The third-order valence-corrected chi connectivity index (χ3v) is 4.86. The smallest absolute Gasteiger partial charge is 0.310 e. The molecule has 1 aromatic heterocycles. The van der Waals surface area contributed by atoms with E-state index < -0.39 is 23.2 Å². The van der Waals surface area contributed by atoms with Gasteiger partial charge in [0.15, 0.2) is 5.76 Å². The number of anilines is 2. The number of carbonyl (C=O) groups excluding carboxylic acids is 2. The molecule has 0 fully saturated rings. The number of amides is 2. The molecule has 0 aliphatic rings. The second-order valence-corrected chi connectivity index (χ2v) is 6.55. The largest absolute Gasteiger partial charge is 0.481 e. The third kappa shape index (κ3) is 4.89. The highest BCUT2D eigenvalue weighted by Crippen LogP contribution is 2.32. The number of halogens is 1. The fourth-order valence-electron chi connectivity index (χ4n) is 2.68. The highest BCUT2D eigenvalue weighted by molar-refractivity contribution is 6.34. The maximum atomic E-state index is 12.3. The molecule has 7 nitrogen and oxygen atoms in total. The highest BCUT2D eigenvalue weighted by Gasteiger charge is 2.37. The average molecular weight is 393 g/mol. The van der Waals surface area contributed by atoms with Gasteiger partial charge in [0.05, 0.1) is 22.4 Å². The fourth-order valence-corrected chi connectivity index (χ4v) is 2.90. The first-order valence-corrected chi connectivity index (χ1v) is 8.86. The van der Waals surface area contributed by atoms with Crippen LogP contribution in [-0.2, 0) is 9.59 Å². The first kappa shape index (κ1) is 20.5. The Labute approximate surface area is 161 Å². The van der Waals surface area contributed by atoms with Gasteiger partial charge in [-0.25, -0.2) is 0 Å². The molecule has 0 bridgehead atoms. The van der Waals surface area contributed by atoms with Crippen LogP contribution in [0, 0.1) is 5.41 Å². The van der Waals surface area contributed by atoms with Crippen molar-refractivity contribution in [2.24, 2.45) is 5.41 Å². The molecule has 0 saturated carbocycles. The molecule has 1 heterocycles. The fraction of sp³-hybridized carbons (Fsp3) is 0.316. The van der Waals surface area contributed by atoms with Crippen molar-refractivity contribution in [3.8, 4) is 0 Å². The second-order valence-electron chi connectivity index (χ2n) is 6.14. The van der Waals surface area contributed by atoms with Crippen LogP contribution in [0.2, 0.25) is 5.02 Å². The van der Waals surface area contributed by atoms with Gasteiger partial charge >= 0.3 is 5.97 Å². The summed E-state index contributed by atoms with van der Waals surface area (Å²) in [5.74, 6) is -1.70. The Kier molecular flexibility index (Phi) is 6.63. The van der Waals surface area contributed by atoms with Crippen LogP contribution in [0.4, 0.5) is 11.4 Å². The Balaban J connectivity index is 2.05. The first-order chi connectivity index (χ1) is 12.8. The quantitative estimate of drug-likeness (QED) is 0.616. The molecule has 0 spiro atoms. The Bertz CT molecular complexity index is 829. The minimum absolute atomic E-state index is 0.135. The molecule has 0 saturated heterocycles. The van der Waals surface area contributed by atoms with Gasteiger partial charge in [0, 0.05) is 12.1 Å². The van der Waals surface area contributed by atoms with Crippen LogP contribution >= 0.6 is 11.6 Å². The molecule has 3 N–H and O–H groups in total. The molecule has 0 atom stereocenters. The molecule has 144 valence electrons. The van der Waals surface area contributed by atoms with Crippen molar-refractivity contribution in [2.75, 3.05) is 10.6 Å². The van der Waals surface area contributed by atoms with Crippen molar-refractivity contribution >= 4 is 40.8 Å². The normalized spacial score (nSPS) is 11.1. The molecule has 2 rings (SSSR count). The van der Waals surface area contributed by atoms with E-state index in [0.29, 0.717) is 24.2 Å². The number of aliphatic carboxylic acids is 1. The van der Waals surface area contributed by atoms with E-state index in [-0.39, 0.29) is 17.2 Å². The molecule has 27 heavy (non-hydrogen) atoms. The van der Waals surface area contributed by atoms with Gasteiger partial charge in [0.1, 0.15) is 0 Å². The second kappa shape index (κ2) is 8.73.